The lowest BCUT2D eigenvalue weighted by Crippen LogP contribution is -2.30. The van der Waals surface area contributed by atoms with Crippen LogP contribution in [0.15, 0.2) is 76.4 Å². The van der Waals surface area contributed by atoms with Gasteiger partial charge < -0.3 is 20.7 Å². The number of terminal acetylenes is 1. The molecule has 0 radical (unpaired) electrons. The number of carbonyl (C=O) groups excluding carboxylic acids is 1. The number of benzene rings is 3. The summed E-state index contributed by atoms with van der Waals surface area (Å²) in [7, 11) is 0. The summed E-state index contributed by atoms with van der Waals surface area (Å²) in [4.78, 5) is 22.2. The third-order valence-electron chi connectivity index (χ3n) is 6.39. The number of thioether (sulfide) groups is 1. The van der Waals surface area contributed by atoms with Crippen LogP contribution in [0.2, 0.25) is 0 Å². The highest BCUT2D eigenvalue weighted by atomic mass is 79.9. The predicted molar refractivity (Wildman–Crippen MR) is 162 cm³/mol. The van der Waals surface area contributed by atoms with Crippen molar-refractivity contribution < 1.29 is 9.53 Å². The van der Waals surface area contributed by atoms with Gasteiger partial charge in [0.1, 0.15) is 11.6 Å². The number of hydrogen-bond acceptors (Lipinski definition) is 7. The zero-order valence-corrected chi connectivity index (χ0v) is 23.6. The average Bonchev–Trinajstić information content (AvgIpc) is 2.97. The fourth-order valence-electron chi connectivity index (χ4n) is 4.29. The Kier molecular flexibility index (Phi) is 8.99. The van der Waals surface area contributed by atoms with E-state index in [1.807, 2.05) is 54.6 Å². The monoisotopic (exact) mass is 601 g/mol. The van der Waals surface area contributed by atoms with Crippen molar-refractivity contribution in [3.8, 4) is 18.1 Å². The number of fused-ring (bicyclic) bond motifs is 1. The number of ether oxygens (including phenoxy) is 1. The van der Waals surface area contributed by atoms with Crippen molar-refractivity contribution >= 4 is 61.7 Å². The zero-order valence-electron chi connectivity index (χ0n) is 21.2. The highest BCUT2D eigenvalue weighted by Gasteiger charge is 2.14. The van der Waals surface area contributed by atoms with Crippen LogP contribution < -0.4 is 20.7 Å². The molecule has 1 saturated heterocycles. The van der Waals surface area contributed by atoms with Crippen LogP contribution >= 0.6 is 27.7 Å². The molecule has 0 aliphatic carbocycles. The third kappa shape index (κ3) is 7.30. The molecule has 1 aliphatic rings. The number of nitrogens with zero attached hydrogens (tertiary/aromatic N) is 2. The van der Waals surface area contributed by atoms with E-state index >= 15 is 0 Å². The summed E-state index contributed by atoms with van der Waals surface area (Å²) in [5, 5.41) is 11.1. The van der Waals surface area contributed by atoms with Crippen LogP contribution in [0.5, 0.6) is 5.75 Å². The summed E-state index contributed by atoms with van der Waals surface area (Å²) in [5.41, 5.74) is 2.82. The molecule has 0 saturated carbocycles. The Bertz CT molecular complexity index is 1480. The quantitative estimate of drug-likeness (QED) is 0.115. The second-order valence-electron chi connectivity index (χ2n) is 9.19. The van der Waals surface area contributed by atoms with Crippen molar-refractivity contribution in [3.63, 3.8) is 0 Å². The lowest BCUT2D eigenvalue weighted by atomic mass is 9.99. The molecule has 39 heavy (non-hydrogen) atoms. The minimum atomic E-state index is -0.196. The van der Waals surface area contributed by atoms with Crippen LogP contribution in [0.3, 0.4) is 0 Å². The standard InChI is InChI=1S/C30H28BrN5O2S/c1-2-17-39-30-35-27-12-9-24(34-29(37)21-3-5-22(31)6-4-21)18-26(27)28(36-30)33-23-7-10-25(11-8-23)38-19-20-13-15-32-16-14-20/h1,3-12,18,20,32H,13-17,19H2,(H,34,37)(H,33,35,36). The minimum absolute atomic E-state index is 0.196. The van der Waals surface area contributed by atoms with Gasteiger partial charge in [-0.2, -0.15) is 0 Å². The van der Waals surface area contributed by atoms with E-state index in [9.17, 15) is 4.79 Å². The van der Waals surface area contributed by atoms with Crippen molar-refractivity contribution in [1.29, 1.82) is 0 Å². The van der Waals surface area contributed by atoms with Crippen molar-refractivity contribution in [3.05, 3.63) is 76.8 Å². The number of anilines is 3. The van der Waals surface area contributed by atoms with Gasteiger partial charge in [0, 0.05) is 26.8 Å². The SMILES string of the molecule is C#CCSc1nc(Nc2ccc(OCC3CCNCC3)cc2)c2cc(NC(=O)c3ccc(Br)cc3)ccc2n1. The van der Waals surface area contributed by atoms with Gasteiger partial charge in [-0.3, -0.25) is 4.79 Å². The van der Waals surface area contributed by atoms with E-state index in [4.69, 9.17) is 16.1 Å². The molecule has 3 N–H and O–H groups in total. The smallest absolute Gasteiger partial charge is 0.255 e. The normalized spacial score (nSPS) is 13.5. The van der Waals surface area contributed by atoms with E-state index in [1.54, 1.807) is 12.1 Å². The van der Waals surface area contributed by atoms with Crippen LogP contribution in [0, 0.1) is 18.3 Å². The first-order valence-corrected chi connectivity index (χ1v) is 14.5. The molecule has 198 valence electrons. The molecule has 9 heteroatoms. The number of amides is 1. The van der Waals surface area contributed by atoms with E-state index in [1.165, 1.54) is 11.8 Å². The Hall–Kier alpha value is -3.58. The van der Waals surface area contributed by atoms with Crippen molar-refractivity contribution in [2.24, 2.45) is 5.92 Å². The number of halogens is 1. The van der Waals surface area contributed by atoms with Crippen LogP contribution in [0.4, 0.5) is 17.2 Å². The second-order valence-corrected chi connectivity index (χ2v) is 11.1. The van der Waals surface area contributed by atoms with Crippen molar-refractivity contribution in [1.82, 2.24) is 15.3 Å². The molecular weight excluding hydrogens is 574 g/mol. The van der Waals surface area contributed by atoms with E-state index in [-0.39, 0.29) is 5.91 Å². The molecule has 1 fully saturated rings. The van der Waals surface area contributed by atoms with Crippen molar-refractivity contribution in [2.45, 2.75) is 18.0 Å². The van der Waals surface area contributed by atoms with E-state index in [0.29, 0.717) is 33.9 Å². The molecular formula is C30H28BrN5O2S. The molecule has 7 nitrogen and oxygen atoms in total. The first-order valence-electron chi connectivity index (χ1n) is 12.7. The Morgan fingerprint density at radius 2 is 1.79 bits per heavy atom. The van der Waals surface area contributed by atoms with Crippen LogP contribution in [-0.4, -0.2) is 41.3 Å². The van der Waals surface area contributed by atoms with Gasteiger partial charge in [-0.25, -0.2) is 9.97 Å². The molecule has 0 unspecified atom stereocenters. The maximum Gasteiger partial charge on any atom is 0.255 e. The molecule has 5 rings (SSSR count). The molecule has 0 atom stereocenters. The number of nitrogens with one attached hydrogen (secondary N) is 3. The first kappa shape index (κ1) is 27.0. The van der Waals surface area contributed by atoms with Crippen LogP contribution in [0.25, 0.3) is 10.9 Å². The molecule has 0 bridgehead atoms. The molecule has 1 aromatic heterocycles. The molecule has 0 spiro atoms. The predicted octanol–water partition coefficient (Wildman–Crippen LogP) is 6.49. The number of aromatic nitrogens is 2. The first-order chi connectivity index (χ1) is 19.1. The highest BCUT2D eigenvalue weighted by Crippen LogP contribution is 2.30. The average molecular weight is 603 g/mol. The Balaban J connectivity index is 1.36. The summed E-state index contributed by atoms with van der Waals surface area (Å²) in [5.74, 6) is 4.95. The van der Waals surface area contributed by atoms with Gasteiger partial charge in [0.05, 0.1) is 17.9 Å². The third-order valence-corrected chi connectivity index (χ3v) is 7.67. The molecule has 1 aliphatic heterocycles. The van der Waals surface area contributed by atoms with Gasteiger partial charge in [-0.15, -0.1) is 6.42 Å². The Morgan fingerprint density at radius 1 is 1.05 bits per heavy atom. The zero-order chi connectivity index (χ0) is 27.0. The summed E-state index contributed by atoms with van der Waals surface area (Å²) in [6, 6.07) is 20.7. The van der Waals surface area contributed by atoms with Gasteiger partial charge in [0.25, 0.3) is 5.91 Å². The highest BCUT2D eigenvalue weighted by molar-refractivity contribution is 9.10. The second kappa shape index (κ2) is 13.0. The lowest BCUT2D eigenvalue weighted by molar-refractivity contribution is 0.102. The van der Waals surface area contributed by atoms with E-state index < -0.39 is 0 Å². The minimum Gasteiger partial charge on any atom is -0.493 e. The maximum absolute atomic E-state index is 12.8. The number of hydrogen-bond donors (Lipinski definition) is 3. The van der Waals surface area contributed by atoms with E-state index in [2.05, 4.69) is 42.8 Å². The van der Waals surface area contributed by atoms with Gasteiger partial charge in [0.15, 0.2) is 5.16 Å². The number of carbonyl (C=O) groups is 1. The number of rotatable bonds is 9. The molecule has 1 amide bonds. The summed E-state index contributed by atoms with van der Waals surface area (Å²) in [6.45, 7) is 2.84. The van der Waals surface area contributed by atoms with Crippen molar-refractivity contribution in [2.75, 3.05) is 36.1 Å². The van der Waals surface area contributed by atoms with Gasteiger partial charge in [0.2, 0.25) is 0 Å². The summed E-state index contributed by atoms with van der Waals surface area (Å²) >= 11 is 4.80. The summed E-state index contributed by atoms with van der Waals surface area (Å²) in [6.07, 6.45) is 7.75. The Morgan fingerprint density at radius 3 is 2.54 bits per heavy atom. The van der Waals surface area contributed by atoms with Gasteiger partial charge in [-0.05, 0) is 98.6 Å². The molecule has 2 heterocycles. The van der Waals surface area contributed by atoms with Gasteiger partial charge in [-0.1, -0.05) is 33.6 Å². The largest absolute Gasteiger partial charge is 0.493 e. The molecule has 3 aromatic carbocycles. The fraction of sp³-hybridized carbons (Fsp3) is 0.233. The van der Waals surface area contributed by atoms with Crippen LogP contribution in [-0.2, 0) is 0 Å². The number of piperidine rings is 1. The molecule has 4 aromatic rings. The van der Waals surface area contributed by atoms with Crippen LogP contribution in [0.1, 0.15) is 23.2 Å². The van der Waals surface area contributed by atoms with Gasteiger partial charge >= 0.3 is 0 Å². The summed E-state index contributed by atoms with van der Waals surface area (Å²) < 4.78 is 6.95. The lowest BCUT2D eigenvalue weighted by Gasteiger charge is -2.22. The maximum atomic E-state index is 12.8. The Labute approximate surface area is 240 Å². The topological polar surface area (TPSA) is 88.2 Å². The van der Waals surface area contributed by atoms with E-state index in [0.717, 1.165) is 59.4 Å². The fourth-order valence-corrected chi connectivity index (χ4v) is 5.08.